The number of urea groups is 1. The number of amidine groups is 1. The fourth-order valence-electron chi connectivity index (χ4n) is 2.52. The Morgan fingerprint density at radius 3 is 2.70 bits per heavy atom. The van der Waals surface area contributed by atoms with Crippen molar-refractivity contribution in [1.29, 1.82) is 0 Å². The van der Waals surface area contributed by atoms with Crippen LogP contribution in [-0.4, -0.2) is 58.5 Å². The zero-order valence-electron chi connectivity index (χ0n) is 12.3. The molecule has 2 aliphatic rings. The SMILES string of the molecule is CCCCCN1C(SCC)=NC2C1C(=O)NC(=O)N2C. The van der Waals surface area contributed by atoms with Crippen LogP contribution in [0.5, 0.6) is 0 Å². The predicted molar refractivity (Wildman–Crippen MR) is 80.7 cm³/mol. The van der Waals surface area contributed by atoms with Crippen LogP contribution in [0, 0.1) is 0 Å². The minimum absolute atomic E-state index is 0.231. The predicted octanol–water partition coefficient (Wildman–Crippen LogP) is 1.48. The quantitative estimate of drug-likeness (QED) is 0.781. The Hall–Kier alpha value is -1.24. The molecule has 0 bridgehead atoms. The molecule has 3 amide bonds. The number of imide groups is 1. The Kier molecular flexibility index (Phi) is 4.91. The third-order valence-corrected chi connectivity index (χ3v) is 4.49. The zero-order valence-corrected chi connectivity index (χ0v) is 13.1. The number of fused-ring (bicyclic) bond motifs is 1. The topological polar surface area (TPSA) is 65.0 Å². The van der Waals surface area contributed by atoms with Crippen LogP contribution in [0.3, 0.4) is 0 Å². The molecule has 0 aliphatic carbocycles. The molecule has 1 N–H and O–H groups in total. The molecule has 112 valence electrons. The van der Waals surface area contributed by atoms with Crippen LogP contribution in [0.4, 0.5) is 4.79 Å². The van der Waals surface area contributed by atoms with E-state index in [1.807, 2.05) is 0 Å². The van der Waals surface area contributed by atoms with E-state index in [1.165, 1.54) is 4.90 Å². The highest BCUT2D eigenvalue weighted by molar-refractivity contribution is 8.13. The molecule has 0 radical (unpaired) electrons. The minimum Gasteiger partial charge on any atom is -0.336 e. The van der Waals surface area contributed by atoms with E-state index in [9.17, 15) is 9.59 Å². The van der Waals surface area contributed by atoms with Gasteiger partial charge >= 0.3 is 6.03 Å². The van der Waals surface area contributed by atoms with Crippen molar-refractivity contribution in [2.45, 2.75) is 45.3 Å². The Morgan fingerprint density at radius 1 is 1.30 bits per heavy atom. The number of aliphatic imine (C=N–C) groups is 1. The van der Waals surface area contributed by atoms with Gasteiger partial charge in [-0.1, -0.05) is 38.5 Å². The first-order valence-electron chi connectivity index (χ1n) is 7.15. The lowest BCUT2D eigenvalue weighted by Gasteiger charge is -2.36. The molecule has 2 rings (SSSR count). The van der Waals surface area contributed by atoms with Crippen LogP contribution in [-0.2, 0) is 4.79 Å². The van der Waals surface area contributed by atoms with Crippen molar-refractivity contribution < 1.29 is 9.59 Å². The molecule has 2 atom stereocenters. The molecule has 0 aromatic rings. The molecule has 7 heteroatoms. The van der Waals surface area contributed by atoms with Gasteiger partial charge in [-0.2, -0.15) is 0 Å². The molecular formula is C13H22N4O2S. The number of likely N-dealkylation sites (N-methyl/N-ethyl adjacent to an activating group) is 1. The Morgan fingerprint density at radius 2 is 2.05 bits per heavy atom. The van der Waals surface area contributed by atoms with Crippen LogP contribution in [0.25, 0.3) is 0 Å². The number of thioether (sulfide) groups is 1. The monoisotopic (exact) mass is 298 g/mol. The highest BCUT2D eigenvalue weighted by Crippen LogP contribution is 2.28. The van der Waals surface area contributed by atoms with Gasteiger partial charge in [0.25, 0.3) is 5.91 Å². The maximum Gasteiger partial charge on any atom is 0.325 e. The van der Waals surface area contributed by atoms with Gasteiger partial charge in [0.05, 0.1) is 0 Å². The summed E-state index contributed by atoms with van der Waals surface area (Å²) in [5.41, 5.74) is 0. The van der Waals surface area contributed by atoms with E-state index in [-0.39, 0.29) is 24.1 Å². The van der Waals surface area contributed by atoms with Crippen molar-refractivity contribution in [3.8, 4) is 0 Å². The average Bonchev–Trinajstić information content (AvgIpc) is 2.77. The summed E-state index contributed by atoms with van der Waals surface area (Å²) in [6.45, 7) is 5.03. The van der Waals surface area contributed by atoms with Gasteiger partial charge in [0.2, 0.25) is 0 Å². The summed E-state index contributed by atoms with van der Waals surface area (Å²) < 4.78 is 0. The van der Waals surface area contributed by atoms with E-state index in [2.05, 4.69) is 29.1 Å². The van der Waals surface area contributed by atoms with E-state index in [0.29, 0.717) is 0 Å². The van der Waals surface area contributed by atoms with Gasteiger partial charge in [-0.25, -0.2) is 9.79 Å². The number of unbranched alkanes of at least 4 members (excludes halogenated alkanes) is 2. The highest BCUT2D eigenvalue weighted by Gasteiger charge is 2.48. The Labute approximate surface area is 124 Å². The molecule has 2 heterocycles. The van der Waals surface area contributed by atoms with Crippen molar-refractivity contribution in [3.63, 3.8) is 0 Å². The molecule has 0 aromatic heterocycles. The van der Waals surface area contributed by atoms with Gasteiger partial charge in [-0.3, -0.25) is 10.1 Å². The largest absolute Gasteiger partial charge is 0.336 e. The van der Waals surface area contributed by atoms with Gasteiger partial charge in [0.1, 0.15) is 0 Å². The molecule has 0 saturated carbocycles. The summed E-state index contributed by atoms with van der Waals surface area (Å²) >= 11 is 1.63. The van der Waals surface area contributed by atoms with Crippen molar-refractivity contribution >= 4 is 28.9 Å². The minimum atomic E-state index is -0.382. The van der Waals surface area contributed by atoms with Gasteiger partial charge < -0.3 is 9.80 Å². The van der Waals surface area contributed by atoms with Crippen LogP contribution in [0.1, 0.15) is 33.1 Å². The standard InChI is InChI=1S/C13H22N4O2S/c1-4-6-7-8-17-9-10(14-13(17)20-5-2)16(3)12(19)15-11(9)18/h9-10H,4-8H2,1-3H3,(H,15,18,19). The van der Waals surface area contributed by atoms with Crippen LogP contribution in [0.15, 0.2) is 4.99 Å². The number of carbonyl (C=O) groups excluding carboxylic acids is 2. The molecular weight excluding hydrogens is 276 g/mol. The second-order valence-corrected chi connectivity index (χ2v) is 6.24. The summed E-state index contributed by atoms with van der Waals surface area (Å²) in [7, 11) is 1.69. The van der Waals surface area contributed by atoms with E-state index < -0.39 is 0 Å². The smallest absolute Gasteiger partial charge is 0.325 e. The summed E-state index contributed by atoms with van der Waals surface area (Å²) in [4.78, 5) is 32.0. The molecule has 2 aliphatic heterocycles. The second-order valence-electron chi connectivity index (χ2n) is 5.01. The Balaban J connectivity index is 2.18. The molecule has 6 nitrogen and oxygen atoms in total. The number of hydrogen-bond acceptors (Lipinski definition) is 5. The van der Waals surface area contributed by atoms with Crippen LogP contribution >= 0.6 is 11.8 Å². The van der Waals surface area contributed by atoms with E-state index in [0.717, 1.165) is 36.7 Å². The molecule has 1 fully saturated rings. The maximum atomic E-state index is 12.1. The zero-order chi connectivity index (χ0) is 14.7. The van der Waals surface area contributed by atoms with Gasteiger partial charge in [-0.05, 0) is 12.2 Å². The lowest BCUT2D eigenvalue weighted by molar-refractivity contribution is -0.127. The second kappa shape index (κ2) is 6.47. The normalized spacial score (nSPS) is 25.6. The average molecular weight is 298 g/mol. The summed E-state index contributed by atoms with van der Waals surface area (Å²) in [5.74, 6) is 0.673. The lowest BCUT2D eigenvalue weighted by Crippen LogP contribution is -2.63. The molecule has 0 spiro atoms. The molecule has 2 unspecified atom stereocenters. The third-order valence-electron chi connectivity index (χ3n) is 3.60. The third kappa shape index (κ3) is 2.77. The van der Waals surface area contributed by atoms with Crippen molar-refractivity contribution in [2.75, 3.05) is 19.3 Å². The number of amides is 3. The van der Waals surface area contributed by atoms with E-state index in [1.54, 1.807) is 18.8 Å². The molecule has 20 heavy (non-hydrogen) atoms. The van der Waals surface area contributed by atoms with Gasteiger partial charge in [0, 0.05) is 13.6 Å². The van der Waals surface area contributed by atoms with Gasteiger partial charge in [0.15, 0.2) is 17.4 Å². The van der Waals surface area contributed by atoms with Crippen LogP contribution < -0.4 is 5.32 Å². The maximum absolute atomic E-state index is 12.1. The number of rotatable bonds is 5. The van der Waals surface area contributed by atoms with Crippen molar-refractivity contribution in [3.05, 3.63) is 0 Å². The van der Waals surface area contributed by atoms with E-state index >= 15 is 0 Å². The van der Waals surface area contributed by atoms with E-state index in [4.69, 9.17) is 0 Å². The van der Waals surface area contributed by atoms with Crippen LogP contribution in [0.2, 0.25) is 0 Å². The number of nitrogens with one attached hydrogen (secondary N) is 1. The summed E-state index contributed by atoms with van der Waals surface area (Å²) in [6.07, 6.45) is 2.93. The van der Waals surface area contributed by atoms with Gasteiger partial charge in [-0.15, -0.1) is 0 Å². The Bertz CT molecular complexity index is 427. The van der Waals surface area contributed by atoms with Crippen molar-refractivity contribution in [2.24, 2.45) is 4.99 Å². The molecule has 1 saturated heterocycles. The first kappa shape index (κ1) is 15.2. The fraction of sp³-hybridized carbons (Fsp3) is 0.769. The lowest BCUT2D eigenvalue weighted by atomic mass is 10.1. The first-order valence-corrected chi connectivity index (χ1v) is 8.13. The highest BCUT2D eigenvalue weighted by atomic mass is 32.2. The fourth-order valence-corrected chi connectivity index (χ4v) is 3.33. The number of hydrogen-bond donors (Lipinski definition) is 1. The summed E-state index contributed by atoms with van der Waals surface area (Å²) in [6, 6.07) is -0.736. The molecule has 0 aromatic carbocycles. The number of nitrogens with zero attached hydrogens (tertiary/aromatic N) is 3. The van der Waals surface area contributed by atoms with Crippen molar-refractivity contribution in [1.82, 2.24) is 15.1 Å². The number of carbonyl (C=O) groups is 2. The summed E-state index contributed by atoms with van der Waals surface area (Å²) in [5, 5.41) is 3.29. The first-order chi connectivity index (χ1) is 9.60.